The van der Waals surface area contributed by atoms with Crippen LogP contribution in [0.4, 0.5) is 5.69 Å². The second-order valence-electron chi connectivity index (χ2n) is 7.03. The molecule has 0 atom stereocenters. The second-order valence-corrected chi connectivity index (χ2v) is 8.80. The van der Waals surface area contributed by atoms with Crippen molar-refractivity contribution in [1.82, 2.24) is 4.72 Å². The molecule has 4 nitrogen and oxygen atoms in total. The minimum atomic E-state index is -3.43. The smallest absolute Gasteiger partial charge is 0.240 e. The van der Waals surface area contributed by atoms with Crippen LogP contribution >= 0.6 is 0 Å². The van der Waals surface area contributed by atoms with Crippen LogP contribution in [0.25, 0.3) is 0 Å². The zero-order chi connectivity index (χ0) is 18.4. The van der Waals surface area contributed by atoms with Crippen molar-refractivity contribution in [3.63, 3.8) is 0 Å². The summed E-state index contributed by atoms with van der Waals surface area (Å²) in [6.07, 6.45) is 5.88. The molecule has 1 heterocycles. The summed E-state index contributed by atoms with van der Waals surface area (Å²) in [7, 11) is -3.43. The van der Waals surface area contributed by atoms with Crippen LogP contribution in [-0.2, 0) is 16.4 Å². The van der Waals surface area contributed by atoms with Crippen molar-refractivity contribution in [3.8, 4) is 0 Å². The lowest BCUT2D eigenvalue weighted by atomic mass is 10.1. The Morgan fingerprint density at radius 3 is 2.12 bits per heavy atom. The molecule has 0 radical (unpaired) electrons. The van der Waals surface area contributed by atoms with Gasteiger partial charge < -0.3 is 4.90 Å². The van der Waals surface area contributed by atoms with Crippen molar-refractivity contribution in [3.05, 3.63) is 59.7 Å². The van der Waals surface area contributed by atoms with Crippen LogP contribution in [-0.4, -0.2) is 28.1 Å². The van der Waals surface area contributed by atoms with Crippen LogP contribution in [0.2, 0.25) is 0 Å². The number of aryl methyl sites for hydroxylation is 1. The molecule has 3 rings (SSSR count). The normalized spacial score (nSPS) is 15.7. The standard InChI is InChI=1S/C21H28N2O2S/c1-18-6-12-21(13-7-18)26(24,25)22-15-14-19-8-10-20(11-9-19)23-16-4-2-3-5-17-23/h6-13,22H,2-5,14-17H2,1H3. The molecule has 0 saturated carbocycles. The minimum absolute atomic E-state index is 0.319. The van der Waals surface area contributed by atoms with Gasteiger partial charge in [-0.15, -0.1) is 0 Å². The summed E-state index contributed by atoms with van der Waals surface area (Å²) in [4.78, 5) is 2.77. The van der Waals surface area contributed by atoms with E-state index in [2.05, 4.69) is 33.9 Å². The van der Waals surface area contributed by atoms with Gasteiger partial charge in [0.05, 0.1) is 4.90 Å². The van der Waals surface area contributed by atoms with Crippen molar-refractivity contribution in [2.45, 2.75) is 43.9 Å². The molecule has 1 fully saturated rings. The molecule has 0 amide bonds. The Morgan fingerprint density at radius 1 is 0.885 bits per heavy atom. The number of nitrogens with zero attached hydrogens (tertiary/aromatic N) is 1. The molecule has 26 heavy (non-hydrogen) atoms. The van der Waals surface area contributed by atoms with Crippen LogP contribution < -0.4 is 9.62 Å². The summed E-state index contributed by atoms with van der Waals surface area (Å²) >= 11 is 0. The number of hydrogen-bond acceptors (Lipinski definition) is 3. The highest BCUT2D eigenvalue weighted by atomic mass is 32.2. The molecular formula is C21H28N2O2S. The molecule has 1 aliphatic rings. The molecule has 1 saturated heterocycles. The summed E-state index contributed by atoms with van der Waals surface area (Å²) in [5.74, 6) is 0. The van der Waals surface area contributed by atoms with Crippen LogP contribution in [0.15, 0.2) is 53.4 Å². The van der Waals surface area contributed by atoms with E-state index in [0.717, 1.165) is 24.2 Å². The second kappa shape index (κ2) is 8.69. The molecule has 0 aromatic heterocycles. The van der Waals surface area contributed by atoms with Crippen LogP contribution in [0, 0.1) is 6.92 Å². The van der Waals surface area contributed by atoms with E-state index >= 15 is 0 Å². The van der Waals surface area contributed by atoms with Gasteiger partial charge in [0.25, 0.3) is 0 Å². The fourth-order valence-electron chi connectivity index (χ4n) is 3.33. The van der Waals surface area contributed by atoms with Crippen molar-refractivity contribution < 1.29 is 8.42 Å². The van der Waals surface area contributed by atoms with Gasteiger partial charge in [-0.1, -0.05) is 42.7 Å². The van der Waals surface area contributed by atoms with Gasteiger partial charge in [-0.2, -0.15) is 0 Å². The summed E-state index contributed by atoms with van der Waals surface area (Å²) in [6, 6.07) is 15.5. The Bertz CT molecular complexity index is 791. The Morgan fingerprint density at radius 2 is 1.50 bits per heavy atom. The number of hydrogen-bond donors (Lipinski definition) is 1. The highest BCUT2D eigenvalue weighted by molar-refractivity contribution is 7.89. The van der Waals surface area contributed by atoms with Crippen molar-refractivity contribution in [2.24, 2.45) is 0 Å². The van der Waals surface area contributed by atoms with E-state index in [1.165, 1.54) is 31.4 Å². The van der Waals surface area contributed by atoms with Gasteiger partial charge in [-0.25, -0.2) is 13.1 Å². The van der Waals surface area contributed by atoms with Crippen molar-refractivity contribution in [2.75, 3.05) is 24.5 Å². The third-order valence-corrected chi connectivity index (χ3v) is 6.42. The maximum atomic E-state index is 12.3. The molecule has 0 bridgehead atoms. The average Bonchev–Trinajstić information content (AvgIpc) is 2.92. The van der Waals surface area contributed by atoms with Gasteiger partial charge in [0.15, 0.2) is 0 Å². The number of sulfonamides is 1. The topological polar surface area (TPSA) is 49.4 Å². The molecule has 0 spiro atoms. The monoisotopic (exact) mass is 372 g/mol. The van der Waals surface area contributed by atoms with Gasteiger partial charge in [-0.3, -0.25) is 0 Å². The molecular weight excluding hydrogens is 344 g/mol. The van der Waals surface area contributed by atoms with Gasteiger partial charge in [-0.05, 0) is 56.0 Å². The van der Waals surface area contributed by atoms with E-state index in [0.29, 0.717) is 17.9 Å². The van der Waals surface area contributed by atoms with Crippen LogP contribution in [0.5, 0.6) is 0 Å². The summed E-state index contributed by atoms with van der Waals surface area (Å²) in [6.45, 7) is 4.61. The van der Waals surface area contributed by atoms with Crippen LogP contribution in [0.1, 0.15) is 36.8 Å². The predicted molar refractivity (Wildman–Crippen MR) is 107 cm³/mol. The van der Waals surface area contributed by atoms with E-state index in [-0.39, 0.29) is 0 Å². The first-order valence-electron chi connectivity index (χ1n) is 9.45. The zero-order valence-electron chi connectivity index (χ0n) is 15.4. The molecule has 0 unspecified atom stereocenters. The third-order valence-electron chi connectivity index (χ3n) is 4.94. The predicted octanol–water partition coefficient (Wildman–Crippen LogP) is 3.90. The molecule has 5 heteroatoms. The largest absolute Gasteiger partial charge is 0.372 e. The highest BCUT2D eigenvalue weighted by Crippen LogP contribution is 2.20. The third kappa shape index (κ3) is 5.08. The lowest BCUT2D eigenvalue weighted by molar-refractivity contribution is 0.581. The molecule has 1 aliphatic heterocycles. The summed E-state index contributed by atoms with van der Waals surface area (Å²) in [5.41, 5.74) is 3.47. The quantitative estimate of drug-likeness (QED) is 0.837. The Kier molecular flexibility index (Phi) is 6.33. The van der Waals surface area contributed by atoms with E-state index in [1.807, 2.05) is 19.1 Å². The number of benzene rings is 2. The maximum Gasteiger partial charge on any atom is 0.240 e. The number of anilines is 1. The average molecular weight is 373 g/mol. The first kappa shape index (κ1) is 18.9. The first-order valence-corrected chi connectivity index (χ1v) is 10.9. The molecule has 140 valence electrons. The van der Waals surface area contributed by atoms with Gasteiger partial charge >= 0.3 is 0 Å². The van der Waals surface area contributed by atoms with Crippen molar-refractivity contribution in [1.29, 1.82) is 0 Å². The minimum Gasteiger partial charge on any atom is -0.372 e. The Balaban J connectivity index is 1.54. The lowest BCUT2D eigenvalue weighted by Gasteiger charge is -2.22. The van der Waals surface area contributed by atoms with Gasteiger partial charge in [0, 0.05) is 25.3 Å². The fourth-order valence-corrected chi connectivity index (χ4v) is 4.36. The highest BCUT2D eigenvalue weighted by Gasteiger charge is 2.13. The fraction of sp³-hybridized carbons (Fsp3) is 0.429. The molecule has 2 aromatic rings. The van der Waals surface area contributed by atoms with E-state index < -0.39 is 10.0 Å². The molecule has 2 aromatic carbocycles. The van der Waals surface area contributed by atoms with Gasteiger partial charge in [0.1, 0.15) is 0 Å². The SMILES string of the molecule is Cc1ccc(S(=O)(=O)NCCc2ccc(N3CCCCCC3)cc2)cc1. The Labute approximate surface area is 157 Å². The lowest BCUT2D eigenvalue weighted by Crippen LogP contribution is -2.26. The maximum absolute atomic E-state index is 12.3. The van der Waals surface area contributed by atoms with Crippen molar-refractivity contribution >= 4 is 15.7 Å². The van der Waals surface area contributed by atoms with E-state index in [9.17, 15) is 8.42 Å². The van der Waals surface area contributed by atoms with Crippen LogP contribution in [0.3, 0.4) is 0 Å². The summed E-state index contributed by atoms with van der Waals surface area (Å²) < 4.78 is 27.3. The summed E-state index contributed by atoms with van der Waals surface area (Å²) in [5, 5.41) is 0. The Hall–Kier alpha value is -1.85. The first-order chi connectivity index (χ1) is 12.5. The van der Waals surface area contributed by atoms with Gasteiger partial charge in [0.2, 0.25) is 10.0 Å². The molecule has 1 N–H and O–H groups in total. The zero-order valence-corrected chi connectivity index (χ0v) is 16.3. The number of rotatable bonds is 6. The van der Waals surface area contributed by atoms with E-state index in [4.69, 9.17) is 0 Å². The molecule has 0 aliphatic carbocycles. The number of nitrogens with one attached hydrogen (secondary N) is 1. The van der Waals surface area contributed by atoms with E-state index in [1.54, 1.807) is 12.1 Å².